The maximum absolute atomic E-state index is 11.1. The van der Waals surface area contributed by atoms with Gasteiger partial charge in [-0.1, -0.05) is 18.2 Å². The second-order valence-corrected chi connectivity index (χ2v) is 4.98. The van der Waals surface area contributed by atoms with Crippen molar-refractivity contribution in [2.24, 2.45) is 0 Å². The number of carbonyl (C=O) groups is 1. The smallest absolute Gasteiger partial charge is 0.335 e. The van der Waals surface area contributed by atoms with E-state index in [9.17, 15) is 4.79 Å². The molecule has 1 heterocycles. The molecule has 2 rings (SSSR count). The van der Waals surface area contributed by atoms with Crippen molar-refractivity contribution in [3.05, 3.63) is 59.0 Å². The van der Waals surface area contributed by atoms with Gasteiger partial charge in [0.1, 0.15) is 5.76 Å². The summed E-state index contributed by atoms with van der Waals surface area (Å²) >= 11 is 0. The highest BCUT2D eigenvalue weighted by Crippen LogP contribution is 2.13. The fraction of sp³-hybridized carbons (Fsp3) is 0.312. The Balaban J connectivity index is 1.95. The van der Waals surface area contributed by atoms with E-state index >= 15 is 0 Å². The summed E-state index contributed by atoms with van der Waals surface area (Å²) in [5.74, 6) is 0.0872. The molecule has 1 aromatic heterocycles. The highest BCUT2D eigenvalue weighted by molar-refractivity contribution is 5.89. The zero-order valence-electron chi connectivity index (χ0n) is 11.8. The standard InChI is InChI=1S/C16H19NO3/c1-12-8-10-20-15(12)11-17(2)9-7-13-5-3-4-6-14(13)16(18)19/h3-6,8,10H,7,9,11H2,1-2H3,(H,18,19). The molecule has 0 aliphatic heterocycles. The monoisotopic (exact) mass is 273 g/mol. The van der Waals surface area contributed by atoms with Crippen molar-refractivity contribution < 1.29 is 14.3 Å². The summed E-state index contributed by atoms with van der Waals surface area (Å²) in [5, 5.41) is 9.15. The van der Waals surface area contributed by atoms with E-state index in [4.69, 9.17) is 9.52 Å². The van der Waals surface area contributed by atoms with Crippen LogP contribution in [0.15, 0.2) is 41.0 Å². The van der Waals surface area contributed by atoms with E-state index in [0.717, 1.165) is 30.0 Å². The zero-order chi connectivity index (χ0) is 14.5. The minimum atomic E-state index is -0.870. The normalized spacial score (nSPS) is 10.9. The fourth-order valence-electron chi connectivity index (χ4n) is 2.15. The molecule has 0 aliphatic carbocycles. The molecule has 0 amide bonds. The van der Waals surface area contributed by atoms with Crippen LogP contribution in [0.3, 0.4) is 0 Å². The number of likely N-dealkylation sites (N-methyl/N-ethyl adjacent to an activating group) is 1. The van der Waals surface area contributed by atoms with Crippen LogP contribution in [0.25, 0.3) is 0 Å². The molecule has 0 atom stereocenters. The Kier molecular flexibility index (Phi) is 4.58. The summed E-state index contributed by atoms with van der Waals surface area (Å²) in [7, 11) is 2.01. The van der Waals surface area contributed by atoms with Crippen molar-refractivity contribution in [1.82, 2.24) is 4.90 Å². The first-order valence-corrected chi connectivity index (χ1v) is 6.60. The van der Waals surface area contributed by atoms with E-state index in [2.05, 4.69) is 4.90 Å². The van der Waals surface area contributed by atoms with Crippen LogP contribution in [-0.2, 0) is 13.0 Å². The summed E-state index contributed by atoms with van der Waals surface area (Å²) in [4.78, 5) is 13.3. The molecule has 4 heteroatoms. The van der Waals surface area contributed by atoms with Crippen molar-refractivity contribution >= 4 is 5.97 Å². The van der Waals surface area contributed by atoms with Gasteiger partial charge in [0.2, 0.25) is 0 Å². The van der Waals surface area contributed by atoms with Gasteiger partial charge in [0.25, 0.3) is 0 Å². The Labute approximate surface area is 118 Å². The number of hydrogen-bond acceptors (Lipinski definition) is 3. The van der Waals surface area contributed by atoms with Crippen LogP contribution in [0.1, 0.15) is 27.2 Å². The Morgan fingerprint density at radius 3 is 2.70 bits per heavy atom. The van der Waals surface area contributed by atoms with E-state index in [1.165, 1.54) is 0 Å². The van der Waals surface area contributed by atoms with E-state index in [1.54, 1.807) is 18.4 Å². The zero-order valence-corrected chi connectivity index (χ0v) is 11.8. The van der Waals surface area contributed by atoms with Gasteiger partial charge in [-0.25, -0.2) is 4.79 Å². The third kappa shape index (κ3) is 3.48. The minimum Gasteiger partial charge on any atom is -0.478 e. The first kappa shape index (κ1) is 14.3. The Morgan fingerprint density at radius 1 is 1.30 bits per heavy atom. The summed E-state index contributed by atoms with van der Waals surface area (Å²) in [5.41, 5.74) is 2.39. The molecule has 106 valence electrons. The largest absolute Gasteiger partial charge is 0.478 e. The van der Waals surface area contributed by atoms with E-state index in [1.807, 2.05) is 32.2 Å². The first-order chi connectivity index (χ1) is 9.58. The van der Waals surface area contributed by atoms with Crippen molar-refractivity contribution in [3.63, 3.8) is 0 Å². The molecule has 0 fully saturated rings. The van der Waals surface area contributed by atoms with Gasteiger partial charge in [-0.05, 0) is 43.7 Å². The molecule has 0 saturated carbocycles. The number of carboxylic acids is 1. The molecule has 20 heavy (non-hydrogen) atoms. The summed E-state index contributed by atoms with van der Waals surface area (Å²) in [6, 6.07) is 9.09. The minimum absolute atomic E-state index is 0.384. The highest BCUT2D eigenvalue weighted by atomic mass is 16.4. The van der Waals surface area contributed by atoms with Gasteiger partial charge in [0.15, 0.2) is 0 Å². The fourth-order valence-corrected chi connectivity index (χ4v) is 2.15. The number of rotatable bonds is 6. The Bertz CT molecular complexity index is 589. The molecule has 0 aliphatic rings. The van der Waals surface area contributed by atoms with Gasteiger partial charge in [-0.15, -0.1) is 0 Å². The molecule has 1 N–H and O–H groups in total. The van der Waals surface area contributed by atoms with Crippen LogP contribution in [0.5, 0.6) is 0 Å². The molecule has 0 unspecified atom stereocenters. The maximum Gasteiger partial charge on any atom is 0.335 e. The van der Waals surface area contributed by atoms with Crippen LogP contribution in [-0.4, -0.2) is 29.6 Å². The average Bonchev–Trinajstić information content (AvgIpc) is 2.82. The average molecular weight is 273 g/mol. The maximum atomic E-state index is 11.1. The van der Waals surface area contributed by atoms with Crippen molar-refractivity contribution in [1.29, 1.82) is 0 Å². The van der Waals surface area contributed by atoms with E-state index in [0.29, 0.717) is 12.0 Å². The molecular formula is C16H19NO3. The van der Waals surface area contributed by atoms with E-state index < -0.39 is 5.97 Å². The number of aryl methyl sites for hydroxylation is 1. The molecule has 0 radical (unpaired) electrons. The molecule has 2 aromatic rings. The second kappa shape index (κ2) is 6.39. The number of furan rings is 1. The lowest BCUT2D eigenvalue weighted by Crippen LogP contribution is -2.21. The molecular weight excluding hydrogens is 254 g/mol. The van der Waals surface area contributed by atoms with E-state index in [-0.39, 0.29) is 0 Å². The third-order valence-corrected chi connectivity index (χ3v) is 3.39. The van der Waals surface area contributed by atoms with Gasteiger partial charge in [-0.3, -0.25) is 4.90 Å². The van der Waals surface area contributed by atoms with Gasteiger partial charge in [0.05, 0.1) is 18.4 Å². The molecule has 0 saturated heterocycles. The number of carboxylic acid groups (broad SMARTS) is 1. The lowest BCUT2D eigenvalue weighted by molar-refractivity contribution is 0.0695. The number of benzene rings is 1. The van der Waals surface area contributed by atoms with Crippen molar-refractivity contribution in [2.75, 3.05) is 13.6 Å². The number of hydrogen-bond donors (Lipinski definition) is 1. The lowest BCUT2D eigenvalue weighted by atomic mass is 10.0. The molecule has 0 bridgehead atoms. The van der Waals surface area contributed by atoms with Gasteiger partial charge in [0, 0.05) is 6.54 Å². The highest BCUT2D eigenvalue weighted by Gasteiger charge is 2.11. The predicted molar refractivity (Wildman–Crippen MR) is 76.9 cm³/mol. The second-order valence-electron chi connectivity index (χ2n) is 4.98. The molecule has 1 aromatic carbocycles. The Hall–Kier alpha value is -2.07. The van der Waals surface area contributed by atoms with Crippen LogP contribution >= 0.6 is 0 Å². The molecule has 4 nitrogen and oxygen atoms in total. The summed E-state index contributed by atoms with van der Waals surface area (Å²) < 4.78 is 5.41. The number of aromatic carboxylic acids is 1. The van der Waals surface area contributed by atoms with Crippen molar-refractivity contribution in [2.45, 2.75) is 19.9 Å². The van der Waals surface area contributed by atoms with Gasteiger partial charge >= 0.3 is 5.97 Å². The van der Waals surface area contributed by atoms with Gasteiger partial charge < -0.3 is 9.52 Å². The van der Waals surface area contributed by atoms with Crippen LogP contribution in [0.2, 0.25) is 0 Å². The predicted octanol–water partition coefficient (Wildman–Crippen LogP) is 2.96. The third-order valence-electron chi connectivity index (χ3n) is 3.39. The van der Waals surface area contributed by atoms with Gasteiger partial charge in [-0.2, -0.15) is 0 Å². The number of nitrogens with zero attached hydrogens (tertiary/aromatic N) is 1. The Morgan fingerprint density at radius 2 is 2.05 bits per heavy atom. The first-order valence-electron chi connectivity index (χ1n) is 6.60. The lowest BCUT2D eigenvalue weighted by Gasteiger charge is -2.16. The van der Waals surface area contributed by atoms with Crippen LogP contribution < -0.4 is 0 Å². The van der Waals surface area contributed by atoms with Crippen LogP contribution in [0.4, 0.5) is 0 Å². The topological polar surface area (TPSA) is 53.7 Å². The SMILES string of the molecule is Cc1ccoc1CN(C)CCc1ccccc1C(=O)O. The summed E-state index contributed by atoms with van der Waals surface area (Å²) in [6.45, 7) is 3.53. The van der Waals surface area contributed by atoms with Crippen LogP contribution in [0, 0.1) is 6.92 Å². The quantitative estimate of drug-likeness (QED) is 0.879. The summed E-state index contributed by atoms with van der Waals surface area (Å²) in [6.07, 6.45) is 2.40. The molecule has 0 spiro atoms. The van der Waals surface area contributed by atoms with Crippen molar-refractivity contribution in [3.8, 4) is 0 Å².